The quantitative estimate of drug-likeness (QED) is 0.633. The zero-order valence-electron chi connectivity index (χ0n) is 7.43. The van der Waals surface area contributed by atoms with E-state index in [1.165, 1.54) is 0 Å². The molecule has 1 rings (SSSR count). The highest BCUT2D eigenvalue weighted by Crippen LogP contribution is 2.11. The zero-order valence-corrected chi connectivity index (χ0v) is 7.43. The van der Waals surface area contributed by atoms with E-state index in [4.69, 9.17) is 0 Å². The molecule has 1 saturated heterocycles. The summed E-state index contributed by atoms with van der Waals surface area (Å²) in [6.45, 7) is 2.52. The molecule has 68 valence electrons. The Balaban J connectivity index is 2.50. The van der Waals surface area contributed by atoms with Gasteiger partial charge in [0.2, 0.25) is 5.91 Å². The monoisotopic (exact) mass is 169 g/mol. The van der Waals surface area contributed by atoms with Crippen LogP contribution in [-0.4, -0.2) is 18.2 Å². The van der Waals surface area contributed by atoms with Crippen molar-refractivity contribution >= 4 is 11.7 Å². The molecule has 0 aliphatic carbocycles. The molecule has 1 unspecified atom stereocenters. The number of ketones is 1. The molecular formula is C9H15NO2. The Morgan fingerprint density at radius 3 is 2.83 bits per heavy atom. The van der Waals surface area contributed by atoms with Crippen LogP contribution in [0.25, 0.3) is 0 Å². The van der Waals surface area contributed by atoms with Gasteiger partial charge in [-0.15, -0.1) is 0 Å². The molecule has 3 nitrogen and oxygen atoms in total. The molecule has 0 aromatic carbocycles. The lowest BCUT2D eigenvalue weighted by atomic mass is 9.95. The van der Waals surface area contributed by atoms with Gasteiger partial charge in [-0.05, 0) is 12.8 Å². The second-order valence-electron chi connectivity index (χ2n) is 3.23. The Morgan fingerprint density at radius 1 is 1.42 bits per heavy atom. The summed E-state index contributed by atoms with van der Waals surface area (Å²) in [7, 11) is 0. The number of nitrogens with one attached hydrogen (secondary N) is 1. The van der Waals surface area contributed by atoms with Gasteiger partial charge < -0.3 is 5.32 Å². The fraction of sp³-hybridized carbons (Fsp3) is 0.778. The summed E-state index contributed by atoms with van der Waals surface area (Å²) in [5.41, 5.74) is 0. The number of carbonyl (C=O) groups is 2. The SMILES string of the molecule is CCC1CNC(=O)CCCC1=O. The van der Waals surface area contributed by atoms with Crippen LogP contribution in [0.3, 0.4) is 0 Å². The number of carbonyl (C=O) groups excluding carboxylic acids is 2. The van der Waals surface area contributed by atoms with Crippen molar-refractivity contribution in [2.75, 3.05) is 6.54 Å². The minimum Gasteiger partial charge on any atom is -0.355 e. The van der Waals surface area contributed by atoms with Gasteiger partial charge in [-0.25, -0.2) is 0 Å². The molecule has 12 heavy (non-hydrogen) atoms. The van der Waals surface area contributed by atoms with Crippen molar-refractivity contribution in [3.8, 4) is 0 Å². The van der Waals surface area contributed by atoms with Crippen molar-refractivity contribution in [3.05, 3.63) is 0 Å². The van der Waals surface area contributed by atoms with Crippen LogP contribution < -0.4 is 5.32 Å². The predicted octanol–water partition coefficient (Wildman–Crippen LogP) is 0.882. The lowest BCUT2D eigenvalue weighted by Gasteiger charge is -2.17. The summed E-state index contributed by atoms with van der Waals surface area (Å²) < 4.78 is 0. The molecule has 1 aliphatic heterocycles. The van der Waals surface area contributed by atoms with Crippen molar-refractivity contribution in [3.63, 3.8) is 0 Å². The Hall–Kier alpha value is -0.860. The average Bonchev–Trinajstić information content (AvgIpc) is 2.03. The summed E-state index contributed by atoms with van der Waals surface area (Å²) >= 11 is 0. The van der Waals surface area contributed by atoms with E-state index in [0.29, 0.717) is 31.6 Å². The number of amides is 1. The minimum atomic E-state index is 0.0502. The standard InChI is InChI=1S/C9H15NO2/c1-2-7-6-10-9(12)5-3-4-8(7)11/h7H,2-6H2,1H3,(H,10,12). The highest BCUT2D eigenvalue weighted by Gasteiger charge is 2.19. The molecule has 0 spiro atoms. The number of rotatable bonds is 1. The first-order valence-corrected chi connectivity index (χ1v) is 4.53. The normalized spacial score (nSPS) is 25.9. The van der Waals surface area contributed by atoms with Crippen LogP contribution in [0.15, 0.2) is 0 Å². The predicted molar refractivity (Wildman–Crippen MR) is 45.6 cm³/mol. The molecule has 1 aliphatic rings. The van der Waals surface area contributed by atoms with Gasteiger partial charge >= 0.3 is 0 Å². The van der Waals surface area contributed by atoms with Gasteiger partial charge in [0.05, 0.1) is 0 Å². The van der Waals surface area contributed by atoms with Crippen molar-refractivity contribution in [2.24, 2.45) is 5.92 Å². The highest BCUT2D eigenvalue weighted by atomic mass is 16.2. The molecule has 0 radical (unpaired) electrons. The van der Waals surface area contributed by atoms with E-state index in [2.05, 4.69) is 5.32 Å². The van der Waals surface area contributed by atoms with Crippen LogP contribution in [0.5, 0.6) is 0 Å². The van der Waals surface area contributed by atoms with E-state index in [9.17, 15) is 9.59 Å². The van der Waals surface area contributed by atoms with Crippen LogP contribution in [-0.2, 0) is 9.59 Å². The fourth-order valence-electron chi connectivity index (χ4n) is 1.44. The maximum Gasteiger partial charge on any atom is 0.220 e. The Labute approximate surface area is 72.5 Å². The lowest BCUT2D eigenvalue weighted by molar-refractivity contribution is -0.126. The van der Waals surface area contributed by atoms with Gasteiger partial charge in [-0.1, -0.05) is 6.92 Å². The largest absolute Gasteiger partial charge is 0.355 e. The van der Waals surface area contributed by atoms with Gasteiger partial charge in [0.15, 0.2) is 0 Å². The summed E-state index contributed by atoms with van der Waals surface area (Å²) in [5, 5.41) is 2.76. The second kappa shape index (κ2) is 4.24. The van der Waals surface area contributed by atoms with E-state index in [1.54, 1.807) is 0 Å². The third kappa shape index (κ3) is 2.32. The van der Waals surface area contributed by atoms with Gasteiger partial charge in [0.25, 0.3) is 0 Å². The molecule has 1 heterocycles. The van der Waals surface area contributed by atoms with Gasteiger partial charge in [-0.3, -0.25) is 9.59 Å². The van der Waals surface area contributed by atoms with Gasteiger partial charge in [0.1, 0.15) is 5.78 Å². The highest BCUT2D eigenvalue weighted by molar-refractivity contribution is 5.84. The first kappa shape index (κ1) is 9.23. The third-order valence-electron chi connectivity index (χ3n) is 2.32. The van der Waals surface area contributed by atoms with Crippen LogP contribution in [0, 0.1) is 5.92 Å². The van der Waals surface area contributed by atoms with Gasteiger partial charge in [-0.2, -0.15) is 0 Å². The van der Waals surface area contributed by atoms with E-state index < -0.39 is 0 Å². The molecule has 0 aromatic heterocycles. The summed E-state index contributed by atoms with van der Waals surface area (Å²) in [6.07, 6.45) is 2.62. The van der Waals surface area contributed by atoms with Crippen LogP contribution in [0.1, 0.15) is 32.6 Å². The van der Waals surface area contributed by atoms with Gasteiger partial charge in [0, 0.05) is 25.3 Å². The van der Waals surface area contributed by atoms with Crippen LogP contribution in [0.4, 0.5) is 0 Å². The molecule has 1 N–H and O–H groups in total. The van der Waals surface area contributed by atoms with E-state index >= 15 is 0 Å². The van der Waals surface area contributed by atoms with E-state index in [-0.39, 0.29) is 11.8 Å². The van der Waals surface area contributed by atoms with Crippen LogP contribution >= 0.6 is 0 Å². The van der Waals surface area contributed by atoms with Crippen molar-refractivity contribution in [1.82, 2.24) is 5.32 Å². The molecule has 1 fully saturated rings. The summed E-state index contributed by atoms with van der Waals surface area (Å²) in [6, 6.07) is 0. The molecule has 3 heteroatoms. The Bertz CT molecular complexity index is 189. The number of hydrogen-bond acceptors (Lipinski definition) is 2. The van der Waals surface area contributed by atoms with Crippen molar-refractivity contribution in [2.45, 2.75) is 32.6 Å². The molecular weight excluding hydrogens is 154 g/mol. The number of Topliss-reactive ketones (excluding diaryl/α,β-unsaturated/α-hetero) is 1. The molecule has 0 saturated carbocycles. The molecule has 0 bridgehead atoms. The first-order chi connectivity index (χ1) is 5.74. The third-order valence-corrected chi connectivity index (χ3v) is 2.32. The average molecular weight is 169 g/mol. The summed E-state index contributed by atoms with van der Waals surface area (Å²) in [5.74, 6) is 0.438. The topological polar surface area (TPSA) is 46.2 Å². The van der Waals surface area contributed by atoms with E-state index in [0.717, 1.165) is 6.42 Å². The Kier molecular flexibility index (Phi) is 3.26. The van der Waals surface area contributed by atoms with E-state index in [1.807, 2.05) is 6.92 Å². The smallest absolute Gasteiger partial charge is 0.220 e. The molecule has 1 amide bonds. The number of hydrogen-bond donors (Lipinski definition) is 1. The minimum absolute atomic E-state index is 0.0502. The molecule has 0 aromatic rings. The zero-order chi connectivity index (χ0) is 8.97. The van der Waals surface area contributed by atoms with Crippen LogP contribution in [0.2, 0.25) is 0 Å². The maximum atomic E-state index is 11.4. The maximum absolute atomic E-state index is 11.4. The second-order valence-corrected chi connectivity index (χ2v) is 3.23. The lowest BCUT2D eigenvalue weighted by Crippen LogP contribution is -2.34. The fourth-order valence-corrected chi connectivity index (χ4v) is 1.44. The summed E-state index contributed by atoms with van der Waals surface area (Å²) in [4.78, 5) is 22.3. The molecule has 1 atom stereocenters. The Morgan fingerprint density at radius 2 is 2.17 bits per heavy atom. The first-order valence-electron chi connectivity index (χ1n) is 4.53. The van der Waals surface area contributed by atoms with Crippen molar-refractivity contribution < 1.29 is 9.59 Å². The van der Waals surface area contributed by atoms with Crippen molar-refractivity contribution in [1.29, 1.82) is 0 Å².